The van der Waals surface area contributed by atoms with Crippen LogP contribution in [0, 0.1) is 0 Å². The molecule has 0 fully saturated rings. The summed E-state index contributed by atoms with van der Waals surface area (Å²) >= 11 is 24.2. The summed E-state index contributed by atoms with van der Waals surface area (Å²) in [7, 11) is 5.70. The number of halogens is 4. The average molecular weight is 991 g/mol. The van der Waals surface area contributed by atoms with Crippen molar-refractivity contribution in [3.63, 3.8) is 0 Å². The van der Waals surface area contributed by atoms with Crippen molar-refractivity contribution < 1.29 is 38.9 Å². The van der Waals surface area contributed by atoms with Gasteiger partial charge in [-0.1, -0.05) is 94.9 Å². The predicted octanol–water partition coefficient (Wildman–Crippen LogP) is 8.98. The standard InChI is InChI=1S/C25H25Cl2N3O4.C24H23Cl2N3O4/c1-30(2)22-8-3-5-17(28-22)13-14-34-18-11-9-16(10-12-18)15-21(25(32)33)29-24(31)23-19(26)6-4-7-20(23)27;1-27-21-7-2-4-16(28-21)12-13-33-17-10-8-15(9-11-17)14-20(24(31)32)29-23(30)22-18(25)5-3-6-19(22)26/h3-12,21H,13-15H2,1-2H3,(H,29,31)(H,32,33);2-11,20H,12-14H2,1H3,(H,27,28)(H,29,30)(H,31,32)/t21-;20-/m00/s1. The summed E-state index contributed by atoms with van der Waals surface area (Å²) in [6.45, 7) is 0.904. The van der Waals surface area contributed by atoms with Crippen LogP contribution in [-0.4, -0.2) is 90.4 Å². The highest BCUT2D eigenvalue weighted by Gasteiger charge is 2.25. The van der Waals surface area contributed by atoms with E-state index in [1.807, 2.05) is 62.4 Å². The fourth-order valence-corrected chi connectivity index (χ4v) is 7.50. The predicted molar refractivity (Wildman–Crippen MR) is 262 cm³/mol. The Kier molecular flexibility index (Phi) is 19.5. The number of benzene rings is 4. The van der Waals surface area contributed by atoms with E-state index in [-0.39, 0.29) is 44.1 Å². The van der Waals surface area contributed by atoms with Gasteiger partial charge in [-0.15, -0.1) is 0 Å². The third-order valence-corrected chi connectivity index (χ3v) is 11.1. The molecule has 6 rings (SSSR count). The lowest BCUT2D eigenvalue weighted by Gasteiger charge is -2.16. The SMILES string of the molecule is CN(C)c1cccc(CCOc2ccc(C[C@H](NC(=O)c3c(Cl)cccc3Cl)C(=O)O)cc2)n1.CNc1cccc(CCOc2ccc(C[C@H](NC(=O)c3c(Cl)cccc3Cl)C(=O)O)cc2)n1. The van der Waals surface area contributed by atoms with Crippen LogP contribution in [0.15, 0.2) is 121 Å². The van der Waals surface area contributed by atoms with E-state index in [9.17, 15) is 29.4 Å². The number of amides is 2. The number of aliphatic carboxylic acids is 2. The van der Waals surface area contributed by atoms with Gasteiger partial charge in [-0.05, 0) is 83.9 Å². The average Bonchev–Trinajstić information content (AvgIpc) is 3.30. The summed E-state index contributed by atoms with van der Waals surface area (Å²) in [6.07, 6.45) is 1.48. The number of hydrogen-bond acceptors (Lipinski definition) is 10. The lowest BCUT2D eigenvalue weighted by molar-refractivity contribution is -0.140. The quantitative estimate of drug-likeness (QED) is 0.0489. The maximum absolute atomic E-state index is 12.6. The minimum atomic E-state index is -1.16. The summed E-state index contributed by atoms with van der Waals surface area (Å²) < 4.78 is 11.6. The topological polar surface area (TPSA) is 192 Å². The molecule has 0 bridgehead atoms. The van der Waals surface area contributed by atoms with E-state index in [1.54, 1.807) is 60.7 Å². The van der Waals surface area contributed by atoms with Crippen molar-refractivity contribution in [2.45, 2.75) is 37.8 Å². The lowest BCUT2D eigenvalue weighted by atomic mass is 10.1. The molecule has 0 radical (unpaired) electrons. The van der Waals surface area contributed by atoms with Gasteiger partial charge < -0.3 is 40.5 Å². The van der Waals surface area contributed by atoms with Crippen molar-refractivity contribution >= 4 is 81.8 Å². The van der Waals surface area contributed by atoms with Gasteiger partial charge in [-0.2, -0.15) is 0 Å². The van der Waals surface area contributed by atoms with Gasteiger partial charge in [-0.25, -0.2) is 19.6 Å². The number of carboxylic acids is 2. The molecule has 0 saturated heterocycles. The first kappa shape index (κ1) is 51.4. The van der Waals surface area contributed by atoms with Crippen LogP contribution < -0.4 is 30.3 Å². The van der Waals surface area contributed by atoms with Gasteiger partial charge in [0.15, 0.2) is 0 Å². The second kappa shape index (κ2) is 25.4. The Bertz CT molecular complexity index is 2600. The first-order valence-corrected chi connectivity index (χ1v) is 22.3. The van der Waals surface area contributed by atoms with Crippen molar-refractivity contribution in [3.8, 4) is 11.5 Å². The van der Waals surface area contributed by atoms with Crippen LogP contribution in [0.4, 0.5) is 11.6 Å². The van der Waals surface area contributed by atoms with Crippen LogP contribution in [-0.2, 0) is 35.3 Å². The number of nitrogens with zero attached hydrogens (tertiary/aromatic N) is 3. The van der Waals surface area contributed by atoms with Gasteiger partial charge >= 0.3 is 11.9 Å². The zero-order valence-corrected chi connectivity index (χ0v) is 39.7. The molecule has 2 atom stereocenters. The third-order valence-electron chi connectivity index (χ3n) is 9.88. The Labute approximate surface area is 408 Å². The molecule has 0 aliphatic heterocycles. The smallest absolute Gasteiger partial charge is 0.326 e. The zero-order valence-electron chi connectivity index (χ0n) is 36.6. The van der Waals surface area contributed by atoms with E-state index < -0.39 is 35.8 Å². The molecule has 4 aromatic carbocycles. The van der Waals surface area contributed by atoms with Crippen LogP contribution in [0.1, 0.15) is 43.2 Å². The number of aromatic nitrogens is 2. The zero-order chi connectivity index (χ0) is 48.5. The van der Waals surface area contributed by atoms with Crippen LogP contribution in [0.2, 0.25) is 20.1 Å². The number of nitrogens with one attached hydrogen (secondary N) is 3. The van der Waals surface area contributed by atoms with Gasteiger partial charge in [0, 0.05) is 58.2 Å². The second-order valence-corrected chi connectivity index (χ2v) is 16.6. The minimum absolute atomic E-state index is 0.0468. The molecule has 2 aromatic heterocycles. The molecule has 2 amide bonds. The van der Waals surface area contributed by atoms with Crippen molar-refractivity contribution in [1.29, 1.82) is 0 Å². The van der Waals surface area contributed by atoms with Gasteiger partial charge in [0.05, 0.1) is 44.4 Å². The number of carbonyl (C=O) groups is 4. The summed E-state index contributed by atoms with van der Waals surface area (Å²) in [5, 5.41) is 27.7. The van der Waals surface area contributed by atoms with E-state index >= 15 is 0 Å². The Balaban J connectivity index is 0.000000251. The maximum atomic E-state index is 12.6. The Morgan fingerprint density at radius 3 is 1.34 bits per heavy atom. The molecule has 0 spiro atoms. The number of anilines is 2. The molecule has 350 valence electrons. The van der Waals surface area contributed by atoms with Crippen molar-refractivity contribution in [2.24, 2.45) is 0 Å². The molecular weight excluding hydrogens is 942 g/mol. The number of carbonyl (C=O) groups excluding carboxylic acids is 2. The van der Waals surface area contributed by atoms with Gasteiger partial charge in [-0.3, -0.25) is 9.59 Å². The number of rotatable bonds is 20. The number of hydrogen-bond donors (Lipinski definition) is 5. The van der Waals surface area contributed by atoms with Crippen molar-refractivity contribution in [2.75, 3.05) is 44.6 Å². The molecule has 0 aliphatic rings. The number of ether oxygens (including phenoxy) is 2. The van der Waals surface area contributed by atoms with E-state index in [0.717, 1.165) is 34.2 Å². The fraction of sp³-hybridized carbons (Fsp3) is 0.224. The van der Waals surface area contributed by atoms with E-state index in [0.29, 0.717) is 37.6 Å². The van der Waals surface area contributed by atoms with Crippen LogP contribution >= 0.6 is 46.4 Å². The molecule has 0 saturated carbocycles. The Hall–Kier alpha value is -6.58. The highest BCUT2D eigenvalue weighted by Crippen LogP contribution is 2.26. The molecule has 5 N–H and O–H groups in total. The first-order chi connectivity index (χ1) is 32.1. The molecule has 0 unspecified atom stereocenters. The van der Waals surface area contributed by atoms with Crippen LogP contribution in [0.5, 0.6) is 11.5 Å². The van der Waals surface area contributed by atoms with Gasteiger partial charge in [0.1, 0.15) is 35.2 Å². The van der Waals surface area contributed by atoms with Gasteiger partial charge in [0.2, 0.25) is 0 Å². The summed E-state index contributed by atoms with van der Waals surface area (Å²) in [5.74, 6) is -0.614. The van der Waals surface area contributed by atoms with Crippen molar-refractivity contribution in [1.82, 2.24) is 20.6 Å². The molecule has 67 heavy (non-hydrogen) atoms. The molecule has 18 heteroatoms. The highest BCUT2D eigenvalue weighted by atomic mass is 35.5. The van der Waals surface area contributed by atoms with Crippen LogP contribution in [0.25, 0.3) is 0 Å². The second-order valence-electron chi connectivity index (χ2n) is 15.0. The normalized spacial score (nSPS) is 11.5. The number of pyridine rings is 2. The minimum Gasteiger partial charge on any atom is -0.493 e. The fourth-order valence-electron chi connectivity index (χ4n) is 6.37. The molecule has 6 aromatic rings. The Morgan fingerprint density at radius 2 is 0.955 bits per heavy atom. The summed E-state index contributed by atoms with van der Waals surface area (Å²) in [4.78, 5) is 59.5. The largest absolute Gasteiger partial charge is 0.493 e. The number of carboxylic acid groups (broad SMARTS) is 2. The lowest BCUT2D eigenvalue weighted by Crippen LogP contribution is -2.42. The molecule has 14 nitrogen and oxygen atoms in total. The molecule has 0 aliphatic carbocycles. The van der Waals surface area contributed by atoms with Crippen LogP contribution in [0.3, 0.4) is 0 Å². The van der Waals surface area contributed by atoms with Gasteiger partial charge in [0.25, 0.3) is 11.8 Å². The summed E-state index contributed by atoms with van der Waals surface area (Å²) in [6, 6.07) is 32.7. The van der Waals surface area contributed by atoms with Crippen molar-refractivity contribution in [3.05, 3.63) is 175 Å². The summed E-state index contributed by atoms with van der Waals surface area (Å²) in [5.41, 5.74) is 3.39. The molecule has 2 heterocycles. The molecular formula is C49H48Cl4N6O8. The maximum Gasteiger partial charge on any atom is 0.326 e. The Morgan fingerprint density at radius 1 is 0.567 bits per heavy atom. The monoisotopic (exact) mass is 988 g/mol. The highest BCUT2D eigenvalue weighted by molar-refractivity contribution is 6.40. The third kappa shape index (κ3) is 15.8. The first-order valence-electron chi connectivity index (χ1n) is 20.8. The van der Waals surface area contributed by atoms with E-state index in [4.69, 9.17) is 55.9 Å². The van der Waals surface area contributed by atoms with E-state index in [2.05, 4.69) is 25.9 Å². The van der Waals surface area contributed by atoms with E-state index in [1.165, 1.54) is 24.3 Å².